The number of benzene rings is 1. The number of halogens is 1. The minimum absolute atomic E-state index is 0.128. The number of hydrogen-bond donors (Lipinski definition) is 3. The van der Waals surface area contributed by atoms with Crippen LogP contribution in [0, 0.1) is 5.82 Å². The Morgan fingerprint density at radius 2 is 2.32 bits per heavy atom. The summed E-state index contributed by atoms with van der Waals surface area (Å²) < 4.78 is 24.9. The number of hydrogen-bond acceptors (Lipinski definition) is 4. The molecule has 0 aromatic heterocycles. The lowest BCUT2D eigenvalue weighted by atomic mass is 10.1. The lowest BCUT2D eigenvalue weighted by Crippen LogP contribution is -2.21. The van der Waals surface area contributed by atoms with Crippen molar-refractivity contribution in [2.45, 2.75) is 13.5 Å². The van der Waals surface area contributed by atoms with E-state index in [0.717, 1.165) is 0 Å². The molecule has 4 N–H and O–H groups in total. The fourth-order valence-corrected chi connectivity index (χ4v) is 2.12. The molecular formula is C12H18FN3O2S. The molecule has 1 aromatic rings. The second-order valence-electron chi connectivity index (χ2n) is 3.90. The second kappa shape index (κ2) is 7.85. The lowest BCUT2D eigenvalue weighted by Gasteiger charge is -2.07. The van der Waals surface area contributed by atoms with Gasteiger partial charge in [0.2, 0.25) is 0 Å². The molecule has 0 bridgehead atoms. The van der Waals surface area contributed by atoms with Gasteiger partial charge >= 0.3 is 0 Å². The summed E-state index contributed by atoms with van der Waals surface area (Å²) in [6.45, 7) is 2.78. The molecule has 0 saturated heterocycles. The molecule has 0 heterocycles. The van der Waals surface area contributed by atoms with E-state index in [1.807, 2.05) is 6.92 Å². The van der Waals surface area contributed by atoms with Gasteiger partial charge in [0, 0.05) is 46.5 Å². The molecule has 19 heavy (non-hydrogen) atoms. The minimum atomic E-state index is -0.818. The maximum atomic E-state index is 13.7. The van der Waals surface area contributed by atoms with Crippen LogP contribution in [0.5, 0.6) is 0 Å². The molecule has 0 aliphatic rings. The van der Waals surface area contributed by atoms with Gasteiger partial charge in [-0.3, -0.25) is 4.21 Å². The minimum Gasteiger partial charge on any atom is -0.409 e. The fraction of sp³-hybridized carbons (Fsp3) is 0.417. The SMILES string of the molecule is CCS(=O)CCNCc1ccc(/C(N)=N/O)cc1F. The van der Waals surface area contributed by atoms with E-state index in [1.54, 1.807) is 12.1 Å². The monoisotopic (exact) mass is 287 g/mol. The predicted octanol–water partition coefficient (Wildman–Crippen LogP) is 0.778. The Bertz CT molecular complexity index is 480. The molecule has 1 unspecified atom stereocenters. The number of oxime groups is 1. The van der Waals surface area contributed by atoms with Crippen molar-refractivity contribution in [3.05, 3.63) is 35.1 Å². The average molecular weight is 287 g/mol. The normalized spacial score (nSPS) is 13.5. The van der Waals surface area contributed by atoms with Crippen LogP contribution in [-0.4, -0.2) is 33.3 Å². The van der Waals surface area contributed by atoms with Crippen LogP contribution in [0.15, 0.2) is 23.4 Å². The molecule has 1 atom stereocenters. The van der Waals surface area contributed by atoms with E-state index in [1.165, 1.54) is 6.07 Å². The molecule has 5 nitrogen and oxygen atoms in total. The average Bonchev–Trinajstić information content (AvgIpc) is 2.43. The lowest BCUT2D eigenvalue weighted by molar-refractivity contribution is 0.318. The van der Waals surface area contributed by atoms with Crippen molar-refractivity contribution in [2.75, 3.05) is 18.1 Å². The largest absolute Gasteiger partial charge is 0.409 e. The molecule has 1 aromatic carbocycles. The Balaban J connectivity index is 2.54. The van der Waals surface area contributed by atoms with Gasteiger partial charge in [-0.05, 0) is 6.07 Å². The van der Waals surface area contributed by atoms with Crippen molar-refractivity contribution in [1.82, 2.24) is 5.32 Å². The summed E-state index contributed by atoms with van der Waals surface area (Å²) >= 11 is 0. The Morgan fingerprint density at radius 3 is 2.89 bits per heavy atom. The maximum Gasteiger partial charge on any atom is 0.170 e. The number of amidine groups is 1. The first-order valence-electron chi connectivity index (χ1n) is 5.90. The Kier molecular flexibility index (Phi) is 6.44. The first-order chi connectivity index (χ1) is 9.08. The van der Waals surface area contributed by atoms with E-state index in [9.17, 15) is 8.60 Å². The molecule has 0 saturated carbocycles. The molecular weight excluding hydrogens is 269 g/mol. The van der Waals surface area contributed by atoms with E-state index < -0.39 is 16.6 Å². The highest BCUT2D eigenvalue weighted by molar-refractivity contribution is 7.84. The number of nitrogens with two attached hydrogens (primary N) is 1. The van der Waals surface area contributed by atoms with E-state index in [-0.39, 0.29) is 5.84 Å². The topological polar surface area (TPSA) is 87.7 Å². The van der Waals surface area contributed by atoms with Gasteiger partial charge in [0.1, 0.15) is 5.82 Å². The van der Waals surface area contributed by atoms with Crippen LogP contribution in [0.2, 0.25) is 0 Å². The summed E-state index contributed by atoms with van der Waals surface area (Å²) in [5, 5.41) is 14.3. The number of nitrogens with zero attached hydrogens (tertiary/aromatic N) is 1. The molecule has 7 heteroatoms. The van der Waals surface area contributed by atoms with Crippen molar-refractivity contribution in [1.29, 1.82) is 0 Å². The highest BCUT2D eigenvalue weighted by atomic mass is 32.2. The quantitative estimate of drug-likeness (QED) is 0.227. The maximum absolute atomic E-state index is 13.7. The predicted molar refractivity (Wildman–Crippen MR) is 74.2 cm³/mol. The van der Waals surface area contributed by atoms with Crippen LogP contribution in [0.4, 0.5) is 4.39 Å². The highest BCUT2D eigenvalue weighted by Crippen LogP contribution is 2.10. The Morgan fingerprint density at radius 1 is 1.58 bits per heavy atom. The summed E-state index contributed by atoms with van der Waals surface area (Å²) in [7, 11) is -0.818. The van der Waals surface area contributed by atoms with Crippen LogP contribution in [0.3, 0.4) is 0 Å². The van der Waals surface area contributed by atoms with Gasteiger partial charge in [0.15, 0.2) is 5.84 Å². The molecule has 0 spiro atoms. The standard InChI is InChI=1S/C12H18FN3O2S/c1-2-19(18)6-5-15-8-10-4-3-9(7-11(10)13)12(14)16-17/h3-4,7,15,17H,2,5-6,8H2,1H3,(H2,14,16). The highest BCUT2D eigenvalue weighted by Gasteiger charge is 2.06. The number of rotatable bonds is 7. The van der Waals surface area contributed by atoms with E-state index in [0.29, 0.717) is 35.7 Å². The van der Waals surface area contributed by atoms with Crippen LogP contribution in [-0.2, 0) is 17.3 Å². The molecule has 106 valence electrons. The molecule has 1 rings (SSSR count). The Hall–Kier alpha value is -1.47. The summed E-state index contributed by atoms with van der Waals surface area (Å²) in [6.07, 6.45) is 0. The van der Waals surface area contributed by atoms with Crippen LogP contribution >= 0.6 is 0 Å². The van der Waals surface area contributed by atoms with Crippen molar-refractivity contribution < 1.29 is 13.8 Å². The molecule has 0 aliphatic heterocycles. The van der Waals surface area contributed by atoms with Crippen LogP contribution < -0.4 is 11.1 Å². The van der Waals surface area contributed by atoms with Crippen molar-refractivity contribution in [2.24, 2.45) is 10.9 Å². The van der Waals surface area contributed by atoms with Gasteiger partial charge in [0.05, 0.1) is 0 Å². The first kappa shape index (κ1) is 15.6. The second-order valence-corrected chi connectivity index (χ2v) is 5.77. The third kappa shape index (κ3) is 4.96. The zero-order valence-electron chi connectivity index (χ0n) is 10.7. The third-order valence-corrected chi connectivity index (χ3v) is 3.90. The van der Waals surface area contributed by atoms with Crippen molar-refractivity contribution in [3.8, 4) is 0 Å². The van der Waals surface area contributed by atoms with Gasteiger partial charge in [-0.2, -0.15) is 0 Å². The van der Waals surface area contributed by atoms with Crippen molar-refractivity contribution in [3.63, 3.8) is 0 Å². The molecule has 0 fully saturated rings. The summed E-state index contributed by atoms with van der Waals surface area (Å²) in [5.41, 5.74) is 6.18. The number of nitrogens with one attached hydrogen (secondary N) is 1. The van der Waals surface area contributed by atoms with Gasteiger partial charge in [-0.15, -0.1) is 0 Å². The fourth-order valence-electron chi connectivity index (χ4n) is 1.46. The van der Waals surface area contributed by atoms with Crippen molar-refractivity contribution >= 4 is 16.6 Å². The van der Waals surface area contributed by atoms with Crippen LogP contribution in [0.25, 0.3) is 0 Å². The van der Waals surface area contributed by atoms with E-state index in [4.69, 9.17) is 10.9 Å². The summed E-state index contributed by atoms with van der Waals surface area (Å²) in [4.78, 5) is 0. The summed E-state index contributed by atoms with van der Waals surface area (Å²) in [6, 6.07) is 4.38. The van der Waals surface area contributed by atoms with Gasteiger partial charge in [-0.1, -0.05) is 24.2 Å². The zero-order chi connectivity index (χ0) is 14.3. The van der Waals surface area contributed by atoms with Gasteiger partial charge in [-0.25, -0.2) is 4.39 Å². The van der Waals surface area contributed by atoms with Gasteiger partial charge < -0.3 is 16.3 Å². The van der Waals surface area contributed by atoms with Gasteiger partial charge in [0.25, 0.3) is 0 Å². The molecule has 0 aliphatic carbocycles. The Labute approximate surface area is 114 Å². The third-order valence-electron chi connectivity index (χ3n) is 2.60. The molecule has 0 amide bonds. The zero-order valence-corrected chi connectivity index (χ0v) is 11.5. The van der Waals surface area contributed by atoms with E-state index in [2.05, 4.69) is 10.5 Å². The van der Waals surface area contributed by atoms with Crippen LogP contribution in [0.1, 0.15) is 18.1 Å². The smallest absolute Gasteiger partial charge is 0.170 e. The van der Waals surface area contributed by atoms with E-state index >= 15 is 0 Å². The molecule has 0 radical (unpaired) electrons. The first-order valence-corrected chi connectivity index (χ1v) is 7.39. The summed E-state index contributed by atoms with van der Waals surface area (Å²) in [5.74, 6) is 0.634.